The molecule has 0 aliphatic rings. The van der Waals surface area contributed by atoms with E-state index in [2.05, 4.69) is 10.6 Å². The number of nitrogens with one attached hydrogen (secondary N) is 2. The molecule has 2 N–H and O–H groups in total. The second kappa shape index (κ2) is 8.98. The van der Waals surface area contributed by atoms with Gasteiger partial charge in [-0.1, -0.05) is 42.5 Å². The highest BCUT2D eigenvalue weighted by atomic mass is 16.6. The molecular formula is C21H24N2O4. The number of carbonyl (C=O) groups excluding carboxylic acids is 3. The van der Waals surface area contributed by atoms with Crippen molar-refractivity contribution in [2.24, 2.45) is 5.41 Å². The van der Waals surface area contributed by atoms with Crippen molar-refractivity contribution in [1.29, 1.82) is 0 Å². The molecule has 0 aliphatic carbocycles. The average Bonchev–Trinajstić information content (AvgIpc) is 2.65. The minimum atomic E-state index is -0.792. The molecule has 142 valence electrons. The second-order valence-electron chi connectivity index (χ2n) is 7.15. The van der Waals surface area contributed by atoms with Gasteiger partial charge in [-0.3, -0.25) is 9.59 Å². The maximum absolute atomic E-state index is 12.2. The highest BCUT2D eigenvalue weighted by molar-refractivity contribution is 5.94. The van der Waals surface area contributed by atoms with Crippen molar-refractivity contribution in [1.82, 2.24) is 10.6 Å². The Labute approximate surface area is 158 Å². The summed E-state index contributed by atoms with van der Waals surface area (Å²) in [5.74, 6) is -0.765. The first-order valence-corrected chi connectivity index (χ1v) is 8.67. The normalized spacial score (nSPS) is 10.8. The fourth-order valence-corrected chi connectivity index (χ4v) is 2.10. The number of amides is 2. The lowest BCUT2D eigenvalue weighted by Crippen LogP contribution is -2.32. The summed E-state index contributed by atoms with van der Waals surface area (Å²) in [6, 6.07) is 16.5. The number of esters is 1. The monoisotopic (exact) mass is 368 g/mol. The van der Waals surface area contributed by atoms with Gasteiger partial charge in [-0.2, -0.15) is 0 Å². The zero-order chi connectivity index (χ0) is 19.9. The first-order valence-electron chi connectivity index (χ1n) is 8.67. The summed E-state index contributed by atoms with van der Waals surface area (Å²) in [5.41, 5.74) is 1.59. The van der Waals surface area contributed by atoms with Crippen molar-refractivity contribution in [3.8, 4) is 0 Å². The van der Waals surface area contributed by atoms with Gasteiger partial charge in [-0.05, 0) is 44.0 Å². The van der Waals surface area contributed by atoms with Crippen molar-refractivity contribution < 1.29 is 19.1 Å². The lowest BCUT2D eigenvalue weighted by Gasteiger charge is -2.15. The van der Waals surface area contributed by atoms with Crippen molar-refractivity contribution >= 4 is 18.0 Å². The molecular weight excluding hydrogens is 344 g/mol. The summed E-state index contributed by atoms with van der Waals surface area (Å²) in [4.78, 5) is 35.5. The van der Waals surface area contributed by atoms with Gasteiger partial charge in [0.05, 0.1) is 5.41 Å². The van der Waals surface area contributed by atoms with Gasteiger partial charge < -0.3 is 15.4 Å². The van der Waals surface area contributed by atoms with E-state index >= 15 is 0 Å². The first kappa shape index (κ1) is 20.2. The third kappa shape index (κ3) is 6.58. The first-order chi connectivity index (χ1) is 12.8. The van der Waals surface area contributed by atoms with Crippen LogP contribution in [0.25, 0.3) is 0 Å². The van der Waals surface area contributed by atoms with Crippen LogP contribution in [-0.2, 0) is 22.6 Å². The van der Waals surface area contributed by atoms with Crippen molar-refractivity contribution in [2.75, 3.05) is 0 Å². The summed E-state index contributed by atoms with van der Waals surface area (Å²) in [6.45, 7) is 5.66. The van der Waals surface area contributed by atoms with Crippen molar-refractivity contribution in [3.63, 3.8) is 0 Å². The number of ether oxygens (including phenoxy) is 1. The van der Waals surface area contributed by atoms with Crippen LogP contribution in [0.5, 0.6) is 0 Å². The van der Waals surface area contributed by atoms with E-state index in [4.69, 9.17) is 4.74 Å². The van der Waals surface area contributed by atoms with Crippen LogP contribution >= 0.6 is 0 Å². The SMILES string of the molecule is CC(C)(C)C(=O)OC(=O)NCc1ccc(C(=O)NCc2ccccc2)cc1. The molecule has 2 aromatic rings. The van der Waals surface area contributed by atoms with Crippen LogP contribution < -0.4 is 10.6 Å². The fraction of sp³-hybridized carbons (Fsp3) is 0.286. The molecule has 27 heavy (non-hydrogen) atoms. The highest BCUT2D eigenvalue weighted by Crippen LogP contribution is 2.15. The molecule has 2 amide bonds. The average molecular weight is 368 g/mol. The maximum Gasteiger partial charge on any atom is 0.415 e. The van der Waals surface area contributed by atoms with E-state index in [0.29, 0.717) is 12.1 Å². The molecule has 0 bridgehead atoms. The highest BCUT2D eigenvalue weighted by Gasteiger charge is 2.25. The summed E-state index contributed by atoms with van der Waals surface area (Å²) in [5, 5.41) is 5.37. The number of hydrogen-bond acceptors (Lipinski definition) is 4. The van der Waals surface area contributed by atoms with E-state index in [-0.39, 0.29) is 12.5 Å². The molecule has 0 spiro atoms. The number of hydrogen-bond donors (Lipinski definition) is 2. The predicted octanol–water partition coefficient (Wildman–Crippen LogP) is 3.42. The summed E-state index contributed by atoms with van der Waals surface area (Å²) < 4.78 is 4.72. The molecule has 0 atom stereocenters. The molecule has 0 aromatic heterocycles. The third-order valence-corrected chi connectivity index (χ3v) is 3.75. The van der Waals surface area contributed by atoms with E-state index in [1.807, 2.05) is 30.3 Å². The van der Waals surface area contributed by atoms with Gasteiger partial charge >= 0.3 is 12.1 Å². The number of rotatable bonds is 5. The van der Waals surface area contributed by atoms with E-state index < -0.39 is 17.5 Å². The van der Waals surface area contributed by atoms with Gasteiger partial charge in [-0.25, -0.2) is 4.79 Å². The van der Waals surface area contributed by atoms with Crippen LogP contribution in [-0.4, -0.2) is 18.0 Å². The smallest absolute Gasteiger partial charge is 0.376 e. The predicted molar refractivity (Wildman–Crippen MR) is 102 cm³/mol. The topological polar surface area (TPSA) is 84.5 Å². The van der Waals surface area contributed by atoms with E-state index in [1.165, 1.54) is 0 Å². The van der Waals surface area contributed by atoms with Gasteiger partial charge in [0.15, 0.2) is 0 Å². The van der Waals surface area contributed by atoms with Crippen LogP contribution in [0, 0.1) is 5.41 Å². The minimum Gasteiger partial charge on any atom is -0.376 e. The minimum absolute atomic E-state index is 0.173. The molecule has 6 nitrogen and oxygen atoms in total. The Balaban J connectivity index is 1.81. The van der Waals surface area contributed by atoms with Gasteiger partial charge in [0.25, 0.3) is 5.91 Å². The third-order valence-electron chi connectivity index (χ3n) is 3.75. The quantitative estimate of drug-likeness (QED) is 0.626. The fourth-order valence-electron chi connectivity index (χ4n) is 2.10. The molecule has 6 heteroatoms. The number of carbonyl (C=O) groups is 3. The molecule has 2 rings (SSSR count). The van der Waals surface area contributed by atoms with Gasteiger partial charge in [0, 0.05) is 18.7 Å². The molecule has 0 heterocycles. The Hall–Kier alpha value is -3.15. The Kier molecular flexibility index (Phi) is 6.71. The maximum atomic E-state index is 12.2. The zero-order valence-electron chi connectivity index (χ0n) is 15.7. The molecule has 0 unspecified atom stereocenters. The Morgan fingerprint density at radius 1 is 0.815 bits per heavy atom. The largest absolute Gasteiger partial charge is 0.415 e. The molecule has 0 saturated carbocycles. The molecule has 0 aliphatic heterocycles. The van der Waals surface area contributed by atoms with Crippen LogP contribution in [0.3, 0.4) is 0 Å². The van der Waals surface area contributed by atoms with Crippen LogP contribution in [0.1, 0.15) is 42.3 Å². The number of alkyl carbamates (subject to hydrolysis) is 1. The van der Waals surface area contributed by atoms with E-state index in [1.54, 1.807) is 45.0 Å². The van der Waals surface area contributed by atoms with Gasteiger partial charge in [0.2, 0.25) is 0 Å². The lowest BCUT2D eigenvalue weighted by molar-refractivity contribution is -0.146. The van der Waals surface area contributed by atoms with E-state index in [9.17, 15) is 14.4 Å². The van der Waals surface area contributed by atoms with Crippen molar-refractivity contribution in [3.05, 3.63) is 71.3 Å². The van der Waals surface area contributed by atoms with Crippen molar-refractivity contribution in [2.45, 2.75) is 33.9 Å². The Morgan fingerprint density at radius 2 is 1.37 bits per heavy atom. The molecule has 0 saturated heterocycles. The summed E-state index contributed by atoms with van der Waals surface area (Å²) in [7, 11) is 0. The summed E-state index contributed by atoms with van der Waals surface area (Å²) >= 11 is 0. The van der Waals surface area contributed by atoms with Crippen LogP contribution in [0.15, 0.2) is 54.6 Å². The molecule has 2 aromatic carbocycles. The standard InChI is InChI=1S/C21H24N2O4/c1-21(2,3)19(25)27-20(26)23-14-16-9-11-17(12-10-16)18(24)22-13-15-7-5-4-6-8-15/h4-12H,13-14H2,1-3H3,(H,22,24)(H,23,26). The lowest BCUT2D eigenvalue weighted by atomic mass is 9.98. The summed E-state index contributed by atoms with van der Waals surface area (Å²) in [6.07, 6.45) is -0.792. The Morgan fingerprint density at radius 3 is 1.96 bits per heavy atom. The second-order valence-corrected chi connectivity index (χ2v) is 7.15. The van der Waals surface area contributed by atoms with Gasteiger partial charge in [-0.15, -0.1) is 0 Å². The number of benzene rings is 2. The molecule has 0 radical (unpaired) electrons. The van der Waals surface area contributed by atoms with E-state index in [0.717, 1.165) is 11.1 Å². The van der Waals surface area contributed by atoms with Crippen LogP contribution in [0.2, 0.25) is 0 Å². The molecule has 0 fully saturated rings. The van der Waals surface area contributed by atoms with Gasteiger partial charge in [0.1, 0.15) is 0 Å². The Bertz CT molecular complexity index is 793. The zero-order valence-corrected chi connectivity index (χ0v) is 15.7. The van der Waals surface area contributed by atoms with Crippen LogP contribution in [0.4, 0.5) is 4.79 Å².